The van der Waals surface area contributed by atoms with Crippen molar-refractivity contribution in [3.05, 3.63) is 71.2 Å². The van der Waals surface area contributed by atoms with Crippen molar-refractivity contribution < 1.29 is 22.7 Å². The maximum atomic E-state index is 12.8. The van der Waals surface area contributed by atoms with Crippen LogP contribution in [-0.4, -0.2) is 38.9 Å². The van der Waals surface area contributed by atoms with E-state index >= 15 is 0 Å². The zero-order chi connectivity index (χ0) is 22.4. The molecule has 162 valence electrons. The quantitative estimate of drug-likeness (QED) is 0.518. The highest BCUT2D eigenvalue weighted by Crippen LogP contribution is 2.22. The smallest absolute Gasteiger partial charge is 0.311 e. The largest absolute Gasteiger partial charge is 0.466 e. The van der Waals surface area contributed by atoms with E-state index in [1.807, 2.05) is 0 Å². The molecule has 0 aliphatic rings. The topological polar surface area (TPSA) is 106 Å². The number of amides is 1. The number of anilines is 2. The molecule has 0 saturated carbocycles. The first-order valence-electron chi connectivity index (χ1n) is 9.36. The highest BCUT2D eigenvalue weighted by molar-refractivity contribution is 7.92. The van der Waals surface area contributed by atoms with Crippen LogP contribution in [0.1, 0.15) is 23.0 Å². The molecule has 0 aliphatic carbocycles. The summed E-state index contributed by atoms with van der Waals surface area (Å²) in [6.07, 6.45) is 0.0295. The molecule has 0 fully saturated rings. The predicted octanol–water partition coefficient (Wildman–Crippen LogP) is 3.33. The molecule has 8 nitrogen and oxygen atoms in total. The Kier molecular flexibility index (Phi) is 7.03. The third-order valence-electron chi connectivity index (χ3n) is 4.30. The number of nitrogens with zero attached hydrogens (tertiary/aromatic N) is 2. The highest BCUT2D eigenvalue weighted by atomic mass is 32.2. The number of aromatic nitrogens is 1. The minimum atomic E-state index is -3.76. The van der Waals surface area contributed by atoms with Gasteiger partial charge in [-0.15, -0.1) is 11.3 Å². The van der Waals surface area contributed by atoms with Crippen LogP contribution in [0.3, 0.4) is 0 Å². The number of hydrogen-bond donors (Lipinski definition) is 1. The van der Waals surface area contributed by atoms with Crippen LogP contribution in [-0.2, 0) is 26.0 Å². The molecule has 3 aromatic rings. The molecule has 3 rings (SSSR count). The van der Waals surface area contributed by atoms with E-state index in [0.717, 1.165) is 0 Å². The Morgan fingerprint density at radius 3 is 2.42 bits per heavy atom. The maximum absolute atomic E-state index is 12.8. The molecule has 1 N–H and O–H groups in total. The van der Waals surface area contributed by atoms with E-state index in [0.29, 0.717) is 23.1 Å². The summed E-state index contributed by atoms with van der Waals surface area (Å²) < 4.78 is 31.7. The van der Waals surface area contributed by atoms with Gasteiger partial charge in [0, 0.05) is 18.0 Å². The van der Waals surface area contributed by atoms with Gasteiger partial charge in [0.25, 0.3) is 15.9 Å². The lowest BCUT2D eigenvalue weighted by molar-refractivity contribution is -0.142. The van der Waals surface area contributed by atoms with Crippen molar-refractivity contribution in [3.63, 3.8) is 0 Å². The summed E-state index contributed by atoms with van der Waals surface area (Å²) in [6.45, 7) is 2.01. The van der Waals surface area contributed by atoms with Gasteiger partial charge in [-0.05, 0) is 43.3 Å². The fourth-order valence-electron chi connectivity index (χ4n) is 2.69. The summed E-state index contributed by atoms with van der Waals surface area (Å²) >= 11 is 1.19. The van der Waals surface area contributed by atoms with Crippen LogP contribution in [0.25, 0.3) is 0 Å². The molecule has 1 heterocycles. The van der Waals surface area contributed by atoms with Crippen LogP contribution in [0, 0.1) is 0 Å². The van der Waals surface area contributed by atoms with Gasteiger partial charge in [-0.2, -0.15) is 0 Å². The van der Waals surface area contributed by atoms with E-state index in [1.54, 1.807) is 42.6 Å². The van der Waals surface area contributed by atoms with Gasteiger partial charge < -0.3 is 4.74 Å². The molecule has 31 heavy (non-hydrogen) atoms. The van der Waals surface area contributed by atoms with Crippen molar-refractivity contribution in [1.29, 1.82) is 0 Å². The second kappa shape index (κ2) is 9.71. The number of hydrogen-bond acceptors (Lipinski definition) is 7. The van der Waals surface area contributed by atoms with E-state index in [1.165, 1.54) is 47.0 Å². The number of ether oxygens (including phenoxy) is 1. The number of carbonyl (C=O) groups is 2. The van der Waals surface area contributed by atoms with Crippen molar-refractivity contribution in [2.45, 2.75) is 18.2 Å². The summed E-state index contributed by atoms with van der Waals surface area (Å²) in [4.78, 5) is 28.3. The van der Waals surface area contributed by atoms with Crippen molar-refractivity contribution in [2.24, 2.45) is 0 Å². The Balaban J connectivity index is 1.68. The monoisotopic (exact) mass is 459 g/mol. The van der Waals surface area contributed by atoms with Crippen LogP contribution in [0.4, 0.5) is 10.8 Å². The minimum Gasteiger partial charge on any atom is -0.466 e. The van der Waals surface area contributed by atoms with Crippen molar-refractivity contribution >= 4 is 44.1 Å². The van der Waals surface area contributed by atoms with Crippen LogP contribution in [0.5, 0.6) is 0 Å². The first kappa shape index (κ1) is 22.4. The lowest BCUT2D eigenvalue weighted by atomic mass is 10.2. The van der Waals surface area contributed by atoms with Gasteiger partial charge in [-0.25, -0.2) is 13.4 Å². The zero-order valence-corrected chi connectivity index (χ0v) is 18.6. The van der Waals surface area contributed by atoms with E-state index in [-0.39, 0.29) is 22.8 Å². The molecule has 0 radical (unpaired) electrons. The lowest BCUT2D eigenvalue weighted by Crippen LogP contribution is -2.26. The average Bonchev–Trinajstić information content (AvgIpc) is 3.20. The normalized spacial score (nSPS) is 11.0. The predicted molar refractivity (Wildman–Crippen MR) is 119 cm³/mol. The Hall–Kier alpha value is -3.24. The summed E-state index contributed by atoms with van der Waals surface area (Å²) in [5, 5.41) is 4.65. The molecule has 0 bridgehead atoms. The first-order valence-corrected chi connectivity index (χ1v) is 11.7. The molecule has 1 amide bonds. The molecule has 2 aromatic carbocycles. The molecule has 0 spiro atoms. The van der Waals surface area contributed by atoms with Crippen molar-refractivity contribution in [2.75, 3.05) is 23.3 Å². The van der Waals surface area contributed by atoms with Gasteiger partial charge in [-0.1, -0.05) is 18.2 Å². The third-order valence-corrected chi connectivity index (χ3v) is 6.90. The Labute approximate surface area is 184 Å². The Bertz CT molecular complexity index is 1160. The second-order valence-corrected chi connectivity index (χ2v) is 9.24. The summed E-state index contributed by atoms with van der Waals surface area (Å²) in [5.41, 5.74) is 1.32. The Morgan fingerprint density at radius 1 is 1.10 bits per heavy atom. The van der Waals surface area contributed by atoms with Gasteiger partial charge in [0.1, 0.15) is 0 Å². The standard InChI is InChI=1S/C21H21N3O5S2/c1-3-29-19(25)13-16-14-30-21(22-16)23-20(26)15-9-11-18(12-10-15)31(27,28)24(2)17-7-5-4-6-8-17/h4-12,14H,3,13H2,1-2H3,(H,22,23,26). The van der Waals surface area contributed by atoms with Gasteiger partial charge in [-0.3, -0.25) is 19.2 Å². The van der Waals surface area contributed by atoms with E-state index in [2.05, 4.69) is 10.3 Å². The maximum Gasteiger partial charge on any atom is 0.311 e. The molecular formula is C21H21N3O5S2. The summed E-state index contributed by atoms with van der Waals surface area (Å²) in [6, 6.07) is 14.4. The number of benzene rings is 2. The minimum absolute atomic E-state index is 0.0295. The van der Waals surface area contributed by atoms with Crippen LogP contribution in [0.15, 0.2) is 64.9 Å². The Morgan fingerprint density at radius 2 is 1.77 bits per heavy atom. The van der Waals surface area contributed by atoms with Crippen molar-refractivity contribution in [1.82, 2.24) is 4.98 Å². The second-order valence-electron chi connectivity index (χ2n) is 6.41. The molecular weight excluding hydrogens is 438 g/mol. The number of nitrogens with one attached hydrogen (secondary N) is 1. The SMILES string of the molecule is CCOC(=O)Cc1csc(NC(=O)c2ccc(S(=O)(=O)N(C)c3ccccc3)cc2)n1. The lowest BCUT2D eigenvalue weighted by Gasteiger charge is -2.19. The number of carbonyl (C=O) groups excluding carboxylic acids is 2. The first-order chi connectivity index (χ1) is 14.8. The number of para-hydroxylation sites is 1. The fraction of sp³-hybridized carbons (Fsp3) is 0.190. The fourth-order valence-corrected chi connectivity index (χ4v) is 4.59. The summed E-state index contributed by atoms with van der Waals surface area (Å²) in [7, 11) is -2.29. The molecule has 10 heteroatoms. The van der Waals surface area contributed by atoms with E-state index < -0.39 is 15.9 Å². The number of thiazole rings is 1. The van der Waals surface area contributed by atoms with Gasteiger partial charge in [0.05, 0.1) is 29.3 Å². The average molecular weight is 460 g/mol. The molecule has 0 saturated heterocycles. The number of sulfonamides is 1. The van der Waals surface area contributed by atoms with Crippen LogP contribution < -0.4 is 9.62 Å². The highest BCUT2D eigenvalue weighted by Gasteiger charge is 2.21. The number of rotatable bonds is 8. The third kappa shape index (κ3) is 5.47. The molecule has 0 atom stereocenters. The number of esters is 1. The molecule has 0 unspecified atom stereocenters. The molecule has 1 aromatic heterocycles. The van der Waals surface area contributed by atoms with Gasteiger partial charge in [0.15, 0.2) is 5.13 Å². The van der Waals surface area contributed by atoms with Crippen LogP contribution >= 0.6 is 11.3 Å². The van der Waals surface area contributed by atoms with Crippen LogP contribution in [0.2, 0.25) is 0 Å². The van der Waals surface area contributed by atoms with E-state index in [9.17, 15) is 18.0 Å². The van der Waals surface area contributed by atoms with Gasteiger partial charge in [0.2, 0.25) is 0 Å². The molecule has 0 aliphatic heterocycles. The van der Waals surface area contributed by atoms with E-state index in [4.69, 9.17) is 4.74 Å². The zero-order valence-electron chi connectivity index (χ0n) is 16.9. The summed E-state index contributed by atoms with van der Waals surface area (Å²) in [5.74, 6) is -0.819. The van der Waals surface area contributed by atoms with Gasteiger partial charge >= 0.3 is 5.97 Å². The van der Waals surface area contributed by atoms with Crippen molar-refractivity contribution in [3.8, 4) is 0 Å².